The quantitative estimate of drug-likeness (QED) is 0.791. The first-order chi connectivity index (χ1) is 9.31. The molecule has 2 rings (SSSR count). The average molecular weight is 361 g/mol. The van der Waals surface area contributed by atoms with Gasteiger partial charge in [0.05, 0.1) is 17.1 Å². The first-order valence-electron chi connectivity index (χ1n) is 6.39. The Morgan fingerprint density at radius 3 is 2.70 bits per heavy atom. The van der Waals surface area contributed by atoms with E-state index in [1.165, 1.54) is 0 Å². The van der Waals surface area contributed by atoms with Crippen molar-refractivity contribution in [1.29, 1.82) is 0 Å². The number of nitrogens with two attached hydrogens (primary N) is 1. The number of carbonyl (C=O) groups excluding carboxylic acids is 1. The molecular weight excluding hydrogens is 344 g/mol. The molecule has 0 radical (unpaired) electrons. The van der Waals surface area contributed by atoms with Crippen LogP contribution in [0.15, 0.2) is 16.6 Å². The van der Waals surface area contributed by atoms with E-state index in [1.54, 1.807) is 6.07 Å². The molecule has 1 aromatic rings. The number of amides is 1. The Morgan fingerprint density at radius 2 is 2.10 bits per heavy atom. The molecule has 1 heterocycles. The van der Waals surface area contributed by atoms with Gasteiger partial charge in [0, 0.05) is 4.47 Å². The maximum atomic E-state index is 12.2. The number of hydrogen-bond donors (Lipinski definition) is 2. The van der Waals surface area contributed by atoms with Crippen molar-refractivity contribution >= 4 is 43.0 Å². The number of rotatable bonds is 2. The molecular formula is C13H17BrN2O3S. The van der Waals surface area contributed by atoms with Gasteiger partial charge >= 0.3 is 0 Å². The fourth-order valence-electron chi connectivity index (χ4n) is 2.39. The van der Waals surface area contributed by atoms with Gasteiger partial charge < -0.3 is 11.1 Å². The molecule has 1 aliphatic heterocycles. The summed E-state index contributed by atoms with van der Waals surface area (Å²) in [5, 5.41) is 1.71. The molecule has 7 heteroatoms. The van der Waals surface area contributed by atoms with Crippen LogP contribution in [0.4, 0.5) is 11.4 Å². The largest absolute Gasteiger partial charge is 0.397 e. The Morgan fingerprint density at radius 1 is 1.40 bits per heavy atom. The number of hydrogen-bond acceptors (Lipinski definition) is 4. The van der Waals surface area contributed by atoms with E-state index in [2.05, 4.69) is 21.2 Å². The van der Waals surface area contributed by atoms with Gasteiger partial charge in [-0.2, -0.15) is 0 Å². The van der Waals surface area contributed by atoms with E-state index in [-0.39, 0.29) is 5.75 Å². The van der Waals surface area contributed by atoms with Crippen LogP contribution in [-0.4, -0.2) is 25.3 Å². The van der Waals surface area contributed by atoms with Gasteiger partial charge in [0.15, 0.2) is 9.84 Å². The lowest BCUT2D eigenvalue weighted by Gasteiger charge is -2.22. The fourth-order valence-corrected chi connectivity index (χ4v) is 4.78. The van der Waals surface area contributed by atoms with Crippen molar-refractivity contribution in [3.8, 4) is 0 Å². The van der Waals surface area contributed by atoms with Crippen LogP contribution >= 0.6 is 15.9 Å². The van der Waals surface area contributed by atoms with Crippen molar-refractivity contribution in [3.63, 3.8) is 0 Å². The highest BCUT2D eigenvalue weighted by atomic mass is 79.9. The topological polar surface area (TPSA) is 89.3 Å². The second-order valence-corrected chi connectivity index (χ2v) is 8.25. The second kappa shape index (κ2) is 5.73. The molecule has 1 aromatic carbocycles. The van der Waals surface area contributed by atoms with Gasteiger partial charge in [0.2, 0.25) is 5.91 Å². The molecule has 0 aromatic heterocycles. The summed E-state index contributed by atoms with van der Waals surface area (Å²) in [4.78, 5) is 12.2. The number of anilines is 2. The van der Waals surface area contributed by atoms with Gasteiger partial charge in [-0.1, -0.05) is 22.4 Å². The van der Waals surface area contributed by atoms with E-state index in [0.717, 1.165) is 16.5 Å². The summed E-state index contributed by atoms with van der Waals surface area (Å²) >= 11 is 3.32. The molecule has 0 bridgehead atoms. The number of sulfone groups is 1. The first-order valence-corrected chi connectivity index (χ1v) is 8.90. The smallest absolute Gasteiger partial charge is 0.242 e. The van der Waals surface area contributed by atoms with Crippen LogP contribution < -0.4 is 11.1 Å². The Labute approximate surface area is 127 Å². The highest BCUT2D eigenvalue weighted by Gasteiger charge is 2.35. The van der Waals surface area contributed by atoms with Crippen LogP contribution in [0.25, 0.3) is 0 Å². The van der Waals surface area contributed by atoms with Crippen molar-refractivity contribution in [2.45, 2.75) is 31.4 Å². The van der Waals surface area contributed by atoms with E-state index < -0.39 is 21.0 Å². The predicted octanol–water partition coefficient (Wildman–Crippen LogP) is 2.25. The zero-order chi connectivity index (χ0) is 14.9. The Kier molecular flexibility index (Phi) is 4.39. The third kappa shape index (κ3) is 3.15. The molecule has 110 valence electrons. The number of carbonyl (C=O) groups is 1. The number of nitrogen functional groups attached to an aromatic ring is 1. The molecule has 1 saturated heterocycles. The van der Waals surface area contributed by atoms with Gasteiger partial charge in [-0.15, -0.1) is 0 Å². The standard InChI is InChI=1S/C13H17BrN2O3S/c1-8-6-9(14)7-10(15)12(8)16-13(17)11-4-2-3-5-20(11,18)19/h6-7,11H,2-5,15H2,1H3,(H,16,17). The van der Waals surface area contributed by atoms with E-state index >= 15 is 0 Å². The van der Waals surface area contributed by atoms with Crippen molar-refractivity contribution in [2.24, 2.45) is 0 Å². The van der Waals surface area contributed by atoms with Crippen molar-refractivity contribution in [2.75, 3.05) is 16.8 Å². The summed E-state index contributed by atoms with van der Waals surface area (Å²) < 4.78 is 24.7. The lowest BCUT2D eigenvalue weighted by Crippen LogP contribution is -2.39. The minimum Gasteiger partial charge on any atom is -0.397 e. The Hall–Kier alpha value is -1.08. The molecule has 0 saturated carbocycles. The molecule has 1 aliphatic rings. The number of nitrogens with one attached hydrogen (secondary N) is 1. The molecule has 3 N–H and O–H groups in total. The van der Waals surface area contributed by atoms with Crippen molar-refractivity contribution in [1.82, 2.24) is 0 Å². The third-order valence-corrected chi connectivity index (χ3v) is 6.08. The number of benzene rings is 1. The van der Waals surface area contributed by atoms with Crippen LogP contribution in [0.3, 0.4) is 0 Å². The van der Waals surface area contributed by atoms with Gasteiger partial charge in [-0.05, 0) is 37.5 Å². The maximum Gasteiger partial charge on any atom is 0.242 e. The summed E-state index contributed by atoms with van der Waals surface area (Å²) in [5.74, 6) is -0.401. The third-order valence-electron chi connectivity index (χ3n) is 3.45. The van der Waals surface area contributed by atoms with Gasteiger partial charge in [-0.25, -0.2) is 8.42 Å². The molecule has 0 spiro atoms. The Balaban J connectivity index is 2.24. The van der Waals surface area contributed by atoms with E-state index in [0.29, 0.717) is 24.2 Å². The maximum absolute atomic E-state index is 12.2. The monoisotopic (exact) mass is 360 g/mol. The molecule has 20 heavy (non-hydrogen) atoms. The van der Waals surface area contributed by atoms with Crippen LogP contribution in [0.5, 0.6) is 0 Å². The molecule has 1 atom stereocenters. The normalized spacial score (nSPS) is 21.4. The molecule has 1 unspecified atom stereocenters. The molecule has 5 nitrogen and oxygen atoms in total. The zero-order valence-corrected chi connectivity index (χ0v) is 13.6. The first kappa shape index (κ1) is 15.3. The van der Waals surface area contributed by atoms with E-state index in [9.17, 15) is 13.2 Å². The fraction of sp³-hybridized carbons (Fsp3) is 0.462. The van der Waals surface area contributed by atoms with Crippen LogP contribution in [0.1, 0.15) is 24.8 Å². The summed E-state index contributed by atoms with van der Waals surface area (Å²) in [6.45, 7) is 1.81. The van der Waals surface area contributed by atoms with Crippen LogP contribution in [-0.2, 0) is 14.6 Å². The van der Waals surface area contributed by atoms with Gasteiger partial charge in [0.1, 0.15) is 5.25 Å². The second-order valence-electron chi connectivity index (χ2n) is 5.03. The number of aryl methyl sites for hydroxylation is 1. The summed E-state index contributed by atoms with van der Waals surface area (Å²) in [5.41, 5.74) is 7.56. The minimum atomic E-state index is -3.34. The SMILES string of the molecule is Cc1cc(Br)cc(N)c1NC(=O)C1CCCCS1(=O)=O. The summed E-state index contributed by atoms with van der Waals surface area (Å²) in [6, 6.07) is 3.50. The summed E-state index contributed by atoms with van der Waals surface area (Å²) in [6.07, 6.45) is 1.77. The average Bonchev–Trinajstić information content (AvgIpc) is 2.32. The van der Waals surface area contributed by atoms with Crippen LogP contribution in [0.2, 0.25) is 0 Å². The Bertz CT molecular complexity index is 620. The highest BCUT2D eigenvalue weighted by Crippen LogP contribution is 2.29. The van der Waals surface area contributed by atoms with Crippen molar-refractivity contribution < 1.29 is 13.2 Å². The van der Waals surface area contributed by atoms with Gasteiger partial charge in [0.25, 0.3) is 0 Å². The van der Waals surface area contributed by atoms with Crippen LogP contribution in [0, 0.1) is 6.92 Å². The summed E-state index contributed by atoms with van der Waals surface area (Å²) in [7, 11) is -3.34. The zero-order valence-electron chi connectivity index (χ0n) is 11.1. The lowest BCUT2D eigenvalue weighted by atomic mass is 10.1. The minimum absolute atomic E-state index is 0.0832. The predicted molar refractivity (Wildman–Crippen MR) is 83.3 cm³/mol. The van der Waals surface area contributed by atoms with Gasteiger partial charge in [-0.3, -0.25) is 4.79 Å². The lowest BCUT2D eigenvalue weighted by molar-refractivity contribution is -0.116. The van der Waals surface area contributed by atoms with Crippen molar-refractivity contribution in [3.05, 3.63) is 22.2 Å². The molecule has 0 aliphatic carbocycles. The molecule has 1 amide bonds. The van der Waals surface area contributed by atoms with E-state index in [1.807, 2.05) is 13.0 Å². The number of halogens is 1. The highest BCUT2D eigenvalue weighted by molar-refractivity contribution is 9.10. The van der Waals surface area contributed by atoms with E-state index in [4.69, 9.17) is 5.73 Å². The molecule has 1 fully saturated rings.